The second-order valence-corrected chi connectivity index (χ2v) is 6.33. The van der Waals surface area contributed by atoms with E-state index in [0.717, 1.165) is 11.3 Å². The predicted octanol–water partition coefficient (Wildman–Crippen LogP) is 5.81. The molecule has 3 rings (SSSR count). The molecular formula is C14H11Cl4NO. The van der Waals surface area contributed by atoms with Gasteiger partial charge in [-0.1, -0.05) is 46.4 Å². The van der Waals surface area contributed by atoms with Gasteiger partial charge in [-0.05, 0) is 25.0 Å². The van der Waals surface area contributed by atoms with Crippen LogP contribution in [0.2, 0.25) is 20.1 Å². The summed E-state index contributed by atoms with van der Waals surface area (Å²) >= 11 is 24.7. The maximum absolute atomic E-state index is 6.27. The number of furan rings is 1. The first-order valence-corrected chi connectivity index (χ1v) is 7.72. The standard InChI is InChI=1S/C14H11Cl4NO/c15-9-5-10(16)14(18)12(13(9)17)8-3-4-20-11(8)6-19-7-1-2-7/h3-5,7,19H,1-2,6H2. The van der Waals surface area contributed by atoms with Crippen molar-refractivity contribution in [2.45, 2.75) is 25.4 Å². The summed E-state index contributed by atoms with van der Waals surface area (Å²) < 4.78 is 5.52. The van der Waals surface area contributed by atoms with Crippen LogP contribution >= 0.6 is 46.4 Å². The van der Waals surface area contributed by atoms with Gasteiger partial charge in [0.05, 0.1) is 32.9 Å². The number of halogens is 4. The average molecular weight is 351 g/mol. The van der Waals surface area contributed by atoms with Crippen LogP contribution in [-0.2, 0) is 6.54 Å². The van der Waals surface area contributed by atoms with Gasteiger partial charge in [0.2, 0.25) is 0 Å². The molecule has 1 aromatic heterocycles. The van der Waals surface area contributed by atoms with Crippen molar-refractivity contribution in [1.29, 1.82) is 0 Å². The van der Waals surface area contributed by atoms with Crippen LogP contribution in [0.4, 0.5) is 0 Å². The number of hydrogen-bond acceptors (Lipinski definition) is 2. The van der Waals surface area contributed by atoms with Gasteiger partial charge in [-0.2, -0.15) is 0 Å². The number of hydrogen-bond donors (Lipinski definition) is 1. The van der Waals surface area contributed by atoms with E-state index in [0.29, 0.717) is 38.2 Å². The van der Waals surface area contributed by atoms with Crippen molar-refractivity contribution in [2.75, 3.05) is 0 Å². The van der Waals surface area contributed by atoms with Crippen molar-refractivity contribution in [3.05, 3.63) is 44.2 Å². The molecule has 0 amide bonds. The van der Waals surface area contributed by atoms with E-state index in [1.165, 1.54) is 12.8 Å². The molecule has 0 aliphatic heterocycles. The van der Waals surface area contributed by atoms with E-state index in [9.17, 15) is 0 Å². The fourth-order valence-corrected chi connectivity index (χ4v) is 3.05. The van der Waals surface area contributed by atoms with E-state index in [1.54, 1.807) is 12.3 Å². The van der Waals surface area contributed by atoms with Crippen LogP contribution in [0.3, 0.4) is 0 Å². The Bertz CT molecular complexity index is 623. The van der Waals surface area contributed by atoms with Crippen molar-refractivity contribution in [3.63, 3.8) is 0 Å². The predicted molar refractivity (Wildman–Crippen MR) is 84.0 cm³/mol. The first-order chi connectivity index (χ1) is 9.58. The molecule has 0 bridgehead atoms. The number of benzene rings is 1. The zero-order valence-corrected chi connectivity index (χ0v) is 13.4. The van der Waals surface area contributed by atoms with Crippen LogP contribution in [0.1, 0.15) is 18.6 Å². The highest BCUT2D eigenvalue weighted by Gasteiger charge is 2.23. The molecule has 0 atom stereocenters. The fourth-order valence-electron chi connectivity index (χ4n) is 2.03. The Morgan fingerprint density at radius 1 is 1.10 bits per heavy atom. The molecule has 1 N–H and O–H groups in total. The van der Waals surface area contributed by atoms with Crippen molar-refractivity contribution >= 4 is 46.4 Å². The summed E-state index contributed by atoms with van der Waals surface area (Å²) in [6.07, 6.45) is 4.03. The van der Waals surface area contributed by atoms with Gasteiger partial charge >= 0.3 is 0 Å². The van der Waals surface area contributed by atoms with E-state index in [4.69, 9.17) is 50.8 Å². The lowest BCUT2D eigenvalue weighted by Gasteiger charge is -2.11. The Labute approximate surface area is 136 Å². The smallest absolute Gasteiger partial charge is 0.125 e. The third-order valence-corrected chi connectivity index (χ3v) is 4.83. The van der Waals surface area contributed by atoms with Gasteiger partial charge in [0.25, 0.3) is 0 Å². The van der Waals surface area contributed by atoms with Gasteiger partial charge in [0.15, 0.2) is 0 Å². The minimum atomic E-state index is 0.373. The van der Waals surface area contributed by atoms with E-state index in [2.05, 4.69) is 5.32 Å². The van der Waals surface area contributed by atoms with E-state index >= 15 is 0 Å². The normalized spacial score (nSPS) is 14.8. The molecule has 0 radical (unpaired) electrons. The second-order valence-electron chi connectivity index (χ2n) is 4.76. The zero-order valence-electron chi connectivity index (χ0n) is 10.4. The molecule has 1 aliphatic carbocycles. The maximum atomic E-state index is 6.27. The third kappa shape index (κ3) is 2.81. The summed E-state index contributed by atoms with van der Waals surface area (Å²) in [5, 5.41) is 4.91. The summed E-state index contributed by atoms with van der Waals surface area (Å²) in [7, 11) is 0. The number of nitrogens with one attached hydrogen (secondary N) is 1. The lowest BCUT2D eigenvalue weighted by atomic mass is 10.1. The first kappa shape index (κ1) is 14.6. The molecule has 2 aromatic rings. The van der Waals surface area contributed by atoms with Gasteiger partial charge < -0.3 is 9.73 Å². The van der Waals surface area contributed by atoms with Crippen LogP contribution in [0.25, 0.3) is 11.1 Å². The fraction of sp³-hybridized carbons (Fsp3) is 0.286. The summed E-state index contributed by atoms with van der Waals surface area (Å²) in [6, 6.07) is 3.95. The van der Waals surface area contributed by atoms with Gasteiger partial charge in [0, 0.05) is 17.2 Å². The Morgan fingerprint density at radius 3 is 2.35 bits per heavy atom. The minimum absolute atomic E-state index is 0.373. The summed E-state index contributed by atoms with van der Waals surface area (Å²) in [4.78, 5) is 0. The lowest BCUT2D eigenvalue weighted by molar-refractivity contribution is 0.483. The van der Waals surface area contributed by atoms with Crippen LogP contribution in [-0.4, -0.2) is 6.04 Å². The SMILES string of the molecule is Clc1cc(Cl)c(Cl)c(-c2ccoc2CNC2CC2)c1Cl. The molecule has 0 saturated heterocycles. The Hall–Kier alpha value is -0.380. The highest BCUT2D eigenvalue weighted by Crippen LogP contribution is 2.44. The molecule has 20 heavy (non-hydrogen) atoms. The molecule has 0 unspecified atom stereocenters. The van der Waals surface area contributed by atoms with E-state index < -0.39 is 0 Å². The van der Waals surface area contributed by atoms with Crippen LogP contribution in [0.15, 0.2) is 22.8 Å². The topological polar surface area (TPSA) is 25.2 Å². The summed E-state index contributed by atoms with van der Waals surface area (Å²) in [6.45, 7) is 0.629. The molecule has 0 spiro atoms. The first-order valence-electron chi connectivity index (χ1n) is 6.21. The quantitative estimate of drug-likeness (QED) is 0.703. The molecular weight excluding hydrogens is 340 g/mol. The third-order valence-electron chi connectivity index (χ3n) is 3.26. The van der Waals surface area contributed by atoms with Gasteiger partial charge in [0.1, 0.15) is 5.76 Å². The average Bonchev–Trinajstić information content (AvgIpc) is 3.14. The van der Waals surface area contributed by atoms with Crippen LogP contribution in [0.5, 0.6) is 0 Å². The molecule has 1 aromatic carbocycles. The molecule has 1 saturated carbocycles. The summed E-state index contributed by atoms with van der Waals surface area (Å²) in [5.41, 5.74) is 1.43. The van der Waals surface area contributed by atoms with Crippen molar-refractivity contribution in [3.8, 4) is 11.1 Å². The van der Waals surface area contributed by atoms with E-state index in [-0.39, 0.29) is 0 Å². The number of rotatable bonds is 4. The zero-order chi connectivity index (χ0) is 14.3. The van der Waals surface area contributed by atoms with Gasteiger partial charge in [-0.25, -0.2) is 0 Å². The molecule has 1 heterocycles. The minimum Gasteiger partial charge on any atom is -0.467 e. The Morgan fingerprint density at radius 2 is 1.75 bits per heavy atom. The molecule has 106 valence electrons. The van der Waals surface area contributed by atoms with Gasteiger partial charge in [-0.3, -0.25) is 0 Å². The van der Waals surface area contributed by atoms with Crippen LogP contribution < -0.4 is 5.32 Å². The van der Waals surface area contributed by atoms with E-state index in [1.807, 2.05) is 6.07 Å². The highest BCUT2D eigenvalue weighted by molar-refractivity contribution is 6.50. The van der Waals surface area contributed by atoms with Gasteiger partial charge in [-0.15, -0.1) is 0 Å². The lowest BCUT2D eigenvalue weighted by Crippen LogP contribution is -2.15. The molecule has 6 heteroatoms. The van der Waals surface area contributed by atoms with Crippen molar-refractivity contribution in [2.24, 2.45) is 0 Å². The monoisotopic (exact) mass is 349 g/mol. The Balaban J connectivity index is 2.02. The largest absolute Gasteiger partial charge is 0.467 e. The molecule has 1 aliphatic rings. The second kappa shape index (κ2) is 5.78. The highest BCUT2D eigenvalue weighted by atomic mass is 35.5. The summed E-state index contributed by atoms with van der Waals surface area (Å²) in [5.74, 6) is 0.777. The van der Waals surface area contributed by atoms with Crippen molar-refractivity contribution in [1.82, 2.24) is 5.32 Å². The van der Waals surface area contributed by atoms with Crippen molar-refractivity contribution < 1.29 is 4.42 Å². The molecule has 2 nitrogen and oxygen atoms in total. The Kier molecular flexibility index (Phi) is 4.21. The van der Waals surface area contributed by atoms with Crippen LogP contribution in [0, 0.1) is 0 Å². The molecule has 1 fully saturated rings. The maximum Gasteiger partial charge on any atom is 0.125 e.